The van der Waals surface area contributed by atoms with Gasteiger partial charge in [0.05, 0.1) is 18.4 Å². The Kier molecular flexibility index (Phi) is 4.56. The molecule has 0 aliphatic carbocycles. The summed E-state index contributed by atoms with van der Waals surface area (Å²) in [5.74, 6) is 0. The minimum Gasteiger partial charge on any atom is -0.334 e. The second-order valence-electron chi connectivity index (χ2n) is 4.52. The van der Waals surface area contributed by atoms with Crippen molar-refractivity contribution in [2.45, 2.75) is 52.0 Å². The normalized spacial score (nSPS) is 14.3. The molecule has 0 saturated heterocycles. The Labute approximate surface area is 99.0 Å². The van der Waals surface area contributed by atoms with Crippen LogP contribution in [0.3, 0.4) is 0 Å². The Morgan fingerprint density at radius 3 is 2.53 bits per heavy atom. The summed E-state index contributed by atoms with van der Waals surface area (Å²) in [4.78, 5) is 4.07. The molecule has 0 spiro atoms. The van der Waals surface area contributed by atoms with Gasteiger partial charge in [0.25, 0.3) is 0 Å². The highest BCUT2D eigenvalue weighted by atomic mass is 19.4. The molecule has 6 heteroatoms. The van der Waals surface area contributed by atoms with Crippen LogP contribution in [0.25, 0.3) is 0 Å². The molecule has 1 aromatic heterocycles. The summed E-state index contributed by atoms with van der Waals surface area (Å²) >= 11 is 0. The van der Waals surface area contributed by atoms with Crippen molar-refractivity contribution in [3.8, 4) is 0 Å². The maximum Gasteiger partial charge on any atom is 0.391 e. The van der Waals surface area contributed by atoms with Gasteiger partial charge in [-0.25, -0.2) is 4.98 Å². The van der Waals surface area contributed by atoms with Crippen LogP contribution in [0.1, 0.15) is 38.9 Å². The standard InChI is InChI=1S/C11H18F3N3/c1-8(2)15-5-10-6-17(7-16-10)9(3)4-11(12,13)14/h6-9,15H,4-5H2,1-3H3. The fraction of sp³-hybridized carbons (Fsp3) is 0.727. The Morgan fingerprint density at radius 1 is 1.35 bits per heavy atom. The molecular weight excluding hydrogens is 231 g/mol. The molecule has 0 bridgehead atoms. The first-order valence-corrected chi connectivity index (χ1v) is 5.60. The van der Waals surface area contributed by atoms with E-state index in [2.05, 4.69) is 10.3 Å². The van der Waals surface area contributed by atoms with E-state index < -0.39 is 18.6 Å². The molecule has 1 rings (SSSR count). The predicted molar refractivity (Wildman–Crippen MR) is 59.6 cm³/mol. The molecule has 98 valence electrons. The molecule has 0 aromatic carbocycles. The second-order valence-corrected chi connectivity index (χ2v) is 4.52. The molecule has 0 aliphatic heterocycles. The van der Waals surface area contributed by atoms with E-state index in [-0.39, 0.29) is 0 Å². The van der Waals surface area contributed by atoms with Gasteiger partial charge < -0.3 is 9.88 Å². The first-order chi connectivity index (χ1) is 7.78. The summed E-state index contributed by atoms with van der Waals surface area (Å²) in [5.41, 5.74) is 0.757. The van der Waals surface area contributed by atoms with E-state index in [9.17, 15) is 13.2 Å². The van der Waals surface area contributed by atoms with Gasteiger partial charge in [-0.05, 0) is 6.92 Å². The molecule has 1 unspecified atom stereocenters. The molecule has 0 saturated carbocycles. The number of nitrogens with one attached hydrogen (secondary N) is 1. The zero-order valence-corrected chi connectivity index (χ0v) is 10.3. The number of nitrogens with zero attached hydrogens (tertiary/aromatic N) is 2. The van der Waals surface area contributed by atoms with Crippen molar-refractivity contribution in [1.82, 2.24) is 14.9 Å². The van der Waals surface area contributed by atoms with Crippen molar-refractivity contribution in [2.75, 3.05) is 0 Å². The van der Waals surface area contributed by atoms with Crippen molar-refractivity contribution < 1.29 is 13.2 Å². The predicted octanol–water partition coefficient (Wildman–Crippen LogP) is 2.89. The second kappa shape index (κ2) is 5.53. The average molecular weight is 249 g/mol. The molecule has 1 N–H and O–H groups in total. The van der Waals surface area contributed by atoms with Crippen LogP contribution in [0.4, 0.5) is 13.2 Å². The summed E-state index contributed by atoms with van der Waals surface area (Å²) < 4.78 is 38.1. The Bertz CT molecular complexity index is 344. The maximum absolute atomic E-state index is 12.2. The van der Waals surface area contributed by atoms with Crippen LogP contribution in [-0.2, 0) is 6.54 Å². The van der Waals surface area contributed by atoms with Gasteiger partial charge in [-0.15, -0.1) is 0 Å². The number of aromatic nitrogens is 2. The van der Waals surface area contributed by atoms with E-state index in [4.69, 9.17) is 0 Å². The molecular formula is C11H18F3N3. The first-order valence-electron chi connectivity index (χ1n) is 5.60. The van der Waals surface area contributed by atoms with E-state index in [1.165, 1.54) is 17.8 Å². The van der Waals surface area contributed by atoms with Gasteiger partial charge in [-0.1, -0.05) is 13.8 Å². The summed E-state index contributed by atoms with van der Waals surface area (Å²) in [6.07, 6.45) is -1.86. The van der Waals surface area contributed by atoms with Crippen molar-refractivity contribution >= 4 is 0 Å². The summed E-state index contributed by atoms with van der Waals surface area (Å²) in [5, 5.41) is 3.16. The highest BCUT2D eigenvalue weighted by Gasteiger charge is 2.30. The lowest BCUT2D eigenvalue weighted by molar-refractivity contribution is -0.141. The van der Waals surface area contributed by atoms with Gasteiger partial charge in [0.15, 0.2) is 0 Å². The third-order valence-electron chi connectivity index (χ3n) is 2.38. The number of rotatable bonds is 5. The minimum absolute atomic E-state index is 0.327. The number of halogens is 3. The maximum atomic E-state index is 12.2. The SMILES string of the molecule is CC(C)NCc1cn(C(C)CC(F)(F)F)cn1. The monoisotopic (exact) mass is 249 g/mol. The molecule has 17 heavy (non-hydrogen) atoms. The van der Waals surface area contributed by atoms with Crippen molar-refractivity contribution in [1.29, 1.82) is 0 Å². The van der Waals surface area contributed by atoms with Gasteiger partial charge in [0, 0.05) is 24.8 Å². The van der Waals surface area contributed by atoms with Crippen LogP contribution < -0.4 is 5.32 Å². The number of alkyl halides is 3. The molecule has 1 heterocycles. The molecule has 0 radical (unpaired) electrons. The summed E-state index contributed by atoms with van der Waals surface area (Å²) in [6.45, 7) is 6.12. The molecule has 1 atom stereocenters. The lowest BCUT2D eigenvalue weighted by Gasteiger charge is -2.14. The lowest BCUT2D eigenvalue weighted by Crippen LogP contribution is -2.22. The van der Waals surface area contributed by atoms with Crippen LogP contribution in [0.5, 0.6) is 0 Å². The van der Waals surface area contributed by atoms with Crippen molar-refractivity contribution in [2.24, 2.45) is 0 Å². The fourth-order valence-electron chi connectivity index (χ4n) is 1.46. The van der Waals surface area contributed by atoms with Crippen LogP contribution in [0.2, 0.25) is 0 Å². The smallest absolute Gasteiger partial charge is 0.334 e. The quantitative estimate of drug-likeness (QED) is 0.869. The fourth-order valence-corrected chi connectivity index (χ4v) is 1.46. The van der Waals surface area contributed by atoms with Crippen molar-refractivity contribution in [3.05, 3.63) is 18.2 Å². The first kappa shape index (κ1) is 14.0. The third kappa shape index (κ3) is 5.21. The van der Waals surface area contributed by atoms with Crippen LogP contribution in [0, 0.1) is 0 Å². The van der Waals surface area contributed by atoms with Crippen LogP contribution in [-0.4, -0.2) is 21.8 Å². The molecule has 0 amide bonds. The van der Waals surface area contributed by atoms with Crippen LogP contribution in [0.15, 0.2) is 12.5 Å². The van der Waals surface area contributed by atoms with Gasteiger partial charge in [0.2, 0.25) is 0 Å². The highest BCUT2D eigenvalue weighted by Crippen LogP contribution is 2.27. The van der Waals surface area contributed by atoms with Crippen LogP contribution >= 0.6 is 0 Å². The highest BCUT2D eigenvalue weighted by molar-refractivity contribution is 4.97. The van der Waals surface area contributed by atoms with Gasteiger partial charge in [0.1, 0.15) is 0 Å². The minimum atomic E-state index is -4.14. The molecule has 0 aliphatic rings. The zero-order valence-electron chi connectivity index (χ0n) is 10.3. The van der Waals surface area contributed by atoms with E-state index in [1.807, 2.05) is 13.8 Å². The van der Waals surface area contributed by atoms with Gasteiger partial charge in [-0.2, -0.15) is 13.2 Å². The van der Waals surface area contributed by atoms with E-state index in [1.54, 1.807) is 6.20 Å². The number of hydrogen-bond acceptors (Lipinski definition) is 2. The Hall–Kier alpha value is -1.04. The van der Waals surface area contributed by atoms with Crippen molar-refractivity contribution in [3.63, 3.8) is 0 Å². The Morgan fingerprint density at radius 2 is 2.00 bits per heavy atom. The Balaban J connectivity index is 2.55. The van der Waals surface area contributed by atoms with E-state index >= 15 is 0 Å². The topological polar surface area (TPSA) is 29.9 Å². The van der Waals surface area contributed by atoms with Gasteiger partial charge in [-0.3, -0.25) is 0 Å². The number of hydrogen-bond donors (Lipinski definition) is 1. The molecule has 0 fully saturated rings. The molecule has 3 nitrogen and oxygen atoms in total. The average Bonchev–Trinajstić information content (AvgIpc) is 2.60. The third-order valence-corrected chi connectivity index (χ3v) is 2.38. The largest absolute Gasteiger partial charge is 0.391 e. The van der Waals surface area contributed by atoms with E-state index in [0.29, 0.717) is 12.6 Å². The lowest BCUT2D eigenvalue weighted by atomic mass is 10.2. The van der Waals surface area contributed by atoms with E-state index in [0.717, 1.165) is 5.69 Å². The molecule has 1 aromatic rings. The summed E-state index contributed by atoms with van der Waals surface area (Å²) in [7, 11) is 0. The van der Waals surface area contributed by atoms with Gasteiger partial charge >= 0.3 is 6.18 Å². The zero-order chi connectivity index (χ0) is 13.1. The number of imidazole rings is 1. The summed E-state index contributed by atoms with van der Waals surface area (Å²) in [6, 6.07) is -0.289.